The number of halogens is 1. The quantitative estimate of drug-likeness (QED) is 0.686. The first kappa shape index (κ1) is 8.45. The number of aryl methyl sites for hydroxylation is 1. The third kappa shape index (κ3) is 0.995. The van der Waals surface area contributed by atoms with E-state index in [1.54, 1.807) is 11.3 Å². The van der Waals surface area contributed by atoms with Gasteiger partial charge in [0, 0.05) is 25.7 Å². The number of carbonyl (C=O) groups is 1. The largest absolute Gasteiger partial charge is 0.294 e. The van der Waals surface area contributed by atoms with E-state index >= 15 is 0 Å². The second-order valence-electron chi connectivity index (χ2n) is 3.24. The number of hydrogen-bond acceptors (Lipinski definition) is 2. The molecule has 0 spiro atoms. The molecule has 1 heterocycles. The summed E-state index contributed by atoms with van der Waals surface area (Å²) in [6.07, 6.45) is 0.936. The molecule has 1 aliphatic carbocycles. The third-order valence-electron chi connectivity index (χ3n) is 2.27. The van der Waals surface area contributed by atoms with E-state index in [2.05, 4.69) is 15.9 Å². The molecular formula is C9H9BrOS. The maximum absolute atomic E-state index is 11.6. The van der Waals surface area contributed by atoms with Crippen LogP contribution in [0.1, 0.15) is 27.0 Å². The van der Waals surface area contributed by atoms with Crippen molar-refractivity contribution in [2.75, 3.05) is 0 Å². The Morgan fingerprint density at radius 3 is 2.83 bits per heavy atom. The van der Waals surface area contributed by atoms with Crippen molar-refractivity contribution in [2.24, 2.45) is 5.92 Å². The molecule has 1 unspecified atom stereocenters. The Morgan fingerprint density at radius 1 is 1.58 bits per heavy atom. The summed E-state index contributed by atoms with van der Waals surface area (Å²) >= 11 is 5.20. The van der Waals surface area contributed by atoms with E-state index in [4.69, 9.17) is 0 Å². The molecule has 0 N–H and O–H groups in total. The molecule has 12 heavy (non-hydrogen) atoms. The summed E-state index contributed by atoms with van der Waals surface area (Å²) < 4.78 is 1.02. The van der Waals surface area contributed by atoms with Gasteiger partial charge >= 0.3 is 0 Å². The molecule has 0 aromatic carbocycles. The summed E-state index contributed by atoms with van der Waals surface area (Å²) in [5.41, 5.74) is 0.949. The van der Waals surface area contributed by atoms with Crippen LogP contribution in [-0.4, -0.2) is 5.78 Å². The summed E-state index contributed by atoms with van der Waals surface area (Å²) in [4.78, 5) is 14.1. The van der Waals surface area contributed by atoms with Gasteiger partial charge in [0.15, 0.2) is 5.78 Å². The van der Waals surface area contributed by atoms with Gasteiger partial charge < -0.3 is 0 Å². The molecule has 3 heteroatoms. The highest BCUT2D eigenvalue weighted by Gasteiger charge is 2.31. The van der Waals surface area contributed by atoms with Gasteiger partial charge in [-0.1, -0.05) is 6.92 Å². The van der Waals surface area contributed by atoms with Crippen molar-refractivity contribution >= 4 is 33.0 Å². The summed E-state index contributed by atoms with van der Waals surface area (Å²) in [5, 5.41) is 0. The van der Waals surface area contributed by atoms with Gasteiger partial charge in [0.1, 0.15) is 0 Å². The van der Waals surface area contributed by atoms with Crippen LogP contribution in [0.3, 0.4) is 0 Å². The second kappa shape index (κ2) is 2.67. The number of Topliss-reactive ketones (excluding diaryl/α,β-unsaturated/α-hetero) is 1. The summed E-state index contributed by atoms with van der Waals surface area (Å²) in [7, 11) is 0. The van der Waals surface area contributed by atoms with Gasteiger partial charge in [0.2, 0.25) is 0 Å². The van der Waals surface area contributed by atoms with Gasteiger partial charge in [-0.05, 0) is 29.3 Å². The van der Waals surface area contributed by atoms with E-state index in [9.17, 15) is 4.79 Å². The van der Waals surface area contributed by atoms with E-state index in [0.29, 0.717) is 5.78 Å². The fourth-order valence-corrected chi connectivity index (χ4v) is 3.59. The van der Waals surface area contributed by atoms with Crippen molar-refractivity contribution in [3.63, 3.8) is 0 Å². The van der Waals surface area contributed by atoms with E-state index in [-0.39, 0.29) is 5.92 Å². The van der Waals surface area contributed by atoms with Crippen molar-refractivity contribution in [2.45, 2.75) is 20.3 Å². The van der Waals surface area contributed by atoms with Crippen LogP contribution in [0.15, 0.2) is 4.47 Å². The Kier molecular flexibility index (Phi) is 1.88. The van der Waals surface area contributed by atoms with Gasteiger partial charge in [0.25, 0.3) is 0 Å². The number of fused-ring (bicyclic) bond motifs is 1. The molecule has 1 aliphatic rings. The lowest BCUT2D eigenvalue weighted by Gasteiger charge is -1.97. The average molecular weight is 245 g/mol. The molecule has 1 atom stereocenters. The predicted molar refractivity (Wildman–Crippen MR) is 54.0 cm³/mol. The van der Waals surface area contributed by atoms with Gasteiger partial charge in [-0.25, -0.2) is 0 Å². The highest BCUT2D eigenvalue weighted by atomic mass is 79.9. The van der Waals surface area contributed by atoms with E-state index in [1.165, 1.54) is 9.75 Å². The zero-order valence-electron chi connectivity index (χ0n) is 6.98. The summed E-state index contributed by atoms with van der Waals surface area (Å²) in [6.45, 7) is 4.04. The molecule has 64 valence electrons. The fourth-order valence-electron chi connectivity index (χ4n) is 1.59. The number of ketones is 1. The number of carbonyl (C=O) groups excluding carboxylic acids is 1. The molecule has 0 aliphatic heterocycles. The Hall–Kier alpha value is -0.150. The van der Waals surface area contributed by atoms with E-state index in [1.807, 2.05) is 13.8 Å². The average Bonchev–Trinajstić information content (AvgIpc) is 2.40. The minimum atomic E-state index is 0.197. The normalized spacial score (nSPS) is 21.6. The van der Waals surface area contributed by atoms with Crippen LogP contribution < -0.4 is 0 Å². The molecule has 0 saturated carbocycles. The van der Waals surface area contributed by atoms with Crippen LogP contribution in [0, 0.1) is 12.8 Å². The Bertz CT molecular complexity index is 354. The molecule has 0 bridgehead atoms. The van der Waals surface area contributed by atoms with Crippen LogP contribution in [0.25, 0.3) is 0 Å². The maximum Gasteiger partial charge on any atom is 0.168 e. The van der Waals surface area contributed by atoms with Gasteiger partial charge in [-0.3, -0.25) is 4.79 Å². The van der Waals surface area contributed by atoms with Crippen molar-refractivity contribution in [3.05, 3.63) is 19.8 Å². The Morgan fingerprint density at radius 2 is 2.25 bits per heavy atom. The SMILES string of the molecule is Cc1sc2c(c1Br)C(=O)C(C)C2. The van der Waals surface area contributed by atoms with Gasteiger partial charge in [0.05, 0.1) is 0 Å². The molecule has 1 nitrogen and oxygen atoms in total. The minimum Gasteiger partial charge on any atom is -0.294 e. The number of rotatable bonds is 0. The van der Waals surface area contributed by atoms with Crippen LogP contribution in [0.2, 0.25) is 0 Å². The van der Waals surface area contributed by atoms with Crippen LogP contribution >= 0.6 is 27.3 Å². The highest BCUT2D eigenvalue weighted by molar-refractivity contribution is 9.10. The Balaban J connectivity index is 2.61. The molecular weight excluding hydrogens is 236 g/mol. The minimum absolute atomic E-state index is 0.197. The summed E-state index contributed by atoms with van der Waals surface area (Å²) in [5.74, 6) is 0.504. The molecule has 1 aromatic rings. The Labute approximate surface area is 83.9 Å². The zero-order chi connectivity index (χ0) is 8.88. The molecule has 0 radical (unpaired) electrons. The number of thiophene rings is 1. The first-order valence-electron chi connectivity index (χ1n) is 3.93. The molecule has 0 saturated heterocycles. The molecule has 1 aromatic heterocycles. The van der Waals surface area contributed by atoms with Crippen LogP contribution in [-0.2, 0) is 6.42 Å². The smallest absolute Gasteiger partial charge is 0.168 e. The van der Waals surface area contributed by atoms with E-state index < -0.39 is 0 Å². The number of hydrogen-bond donors (Lipinski definition) is 0. The third-order valence-corrected chi connectivity index (χ3v) is 4.65. The lowest BCUT2D eigenvalue weighted by molar-refractivity contribution is 0.0945. The highest BCUT2D eigenvalue weighted by Crippen LogP contribution is 2.40. The van der Waals surface area contributed by atoms with Crippen molar-refractivity contribution in [1.82, 2.24) is 0 Å². The van der Waals surface area contributed by atoms with Gasteiger partial charge in [-0.15, -0.1) is 11.3 Å². The van der Waals surface area contributed by atoms with E-state index in [0.717, 1.165) is 16.5 Å². The lowest BCUT2D eigenvalue weighted by Crippen LogP contribution is -2.03. The standard InChI is InChI=1S/C9H9BrOS/c1-4-3-6-7(9(4)11)8(10)5(2)12-6/h4H,3H2,1-2H3. The predicted octanol–water partition coefficient (Wildman–Crippen LogP) is 3.19. The second-order valence-corrected chi connectivity index (χ2v) is 5.34. The van der Waals surface area contributed by atoms with Crippen molar-refractivity contribution < 1.29 is 4.79 Å². The van der Waals surface area contributed by atoms with Crippen molar-refractivity contribution in [1.29, 1.82) is 0 Å². The topological polar surface area (TPSA) is 17.1 Å². The molecule has 2 rings (SSSR count). The first-order valence-corrected chi connectivity index (χ1v) is 5.54. The fraction of sp³-hybridized carbons (Fsp3) is 0.444. The van der Waals surface area contributed by atoms with Crippen LogP contribution in [0.5, 0.6) is 0 Å². The van der Waals surface area contributed by atoms with Gasteiger partial charge in [-0.2, -0.15) is 0 Å². The maximum atomic E-state index is 11.6. The molecule has 0 amide bonds. The van der Waals surface area contributed by atoms with Crippen LogP contribution in [0.4, 0.5) is 0 Å². The van der Waals surface area contributed by atoms with Crippen molar-refractivity contribution in [3.8, 4) is 0 Å². The molecule has 0 fully saturated rings. The zero-order valence-corrected chi connectivity index (χ0v) is 9.38. The monoisotopic (exact) mass is 244 g/mol. The first-order chi connectivity index (χ1) is 5.61. The summed E-state index contributed by atoms with van der Waals surface area (Å²) in [6, 6.07) is 0. The lowest BCUT2D eigenvalue weighted by atomic mass is 10.1.